The normalized spacial score (nSPS) is 14.3. The standard InChI is InChI=1S/C28H32N6O/c1-2-3-11-24-20-33(18-21-9-5-4-6-10-21)28(35)34(24)19-22-14-16-23(17-15-22)25-12-7-8-13-26(25)27-29-31-32-30-27/h2,7-8,12-17,20-21H,1,3-6,9-11,18-19H2,(H,29,30,31,32). The van der Waals surface area contributed by atoms with Gasteiger partial charge in [-0.1, -0.05) is 73.9 Å². The van der Waals surface area contributed by atoms with E-state index >= 15 is 0 Å². The van der Waals surface area contributed by atoms with Crippen LogP contribution >= 0.6 is 0 Å². The molecule has 0 aliphatic heterocycles. The van der Waals surface area contributed by atoms with Crippen LogP contribution in [0.15, 0.2) is 72.2 Å². The van der Waals surface area contributed by atoms with Gasteiger partial charge >= 0.3 is 5.69 Å². The molecule has 2 heterocycles. The summed E-state index contributed by atoms with van der Waals surface area (Å²) >= 11 is 0. The van der Waals surface area contributed by atoms with Crippen LogP contribution in [-0.4, -0.2) is 29.8 Å². The summed E-state index contributed by atoms with van der Waals surface area (Å²) in [6, 6.07) is 16.4. The van der Waals surface area contributed by atoms with Crippen LogP contribution < -0.4 is 5.69 Å². The van der Waals surface area contributed by atoms with Gasteiger partial charge in [-0.25, -0.2) is 4.79 Å². The second kappa shape index (κ2) is 10.7. The van der Waals surface area contributed by atoms with Crippen molar-refractivity contribution in [3.63, 3.8) is 0 Å². The Kier molecular flexibility index (Phi) is 7.02. The Morgan fingerprint density at radius 1 is 1.03 bits per heavy atom. The van der Waals surface area contributed by atoms with Crippen molar-refractivity contribution in [2.75, 3.05) is 0 Å². The lowest BCUT2D eigenvalue weighted by atomic mass is 9.89. The number of nitrogens with zero attached hydrogens (tertiary/aromatic N) is 5. The molecule has 35 heavy (non-hydrogen) atoms. The van der Waals surface area contributed by atoms with E-state index in [1.165, 1.54) is 32.1 Å². The molecule has 1 aliphatic rings. The molecule has 1 aliphatic carbocycles. The van der Waals surface area contributed by atoms with E-state index in [4.69, 9.17) is 0 Å². The molecule has 4 aromatic rings. The predicted molar refractivity (Wildman–Crippen MR) is 138 cm³/mol. The molecular formula is C28H32N6O. The SMILES string of the molecule is C=CCCc1cn(CC2CCCCC2)c(=O)n1Cc1ccc(-c2ccccc2-c2nn[nH]n2)cc1. The van der Waals surface area contributed by atoms with Crippen LogP contribution in [0.4, 0.5) is 0 Å². The summed E-state index contributed by atoms with van der Waals surface area (Å²) < 4.78 is 3.89. The number of aromatic amines is 1. The highest BCUT2D eigenvalue weighted by atomic mass is 16.1. The molecule has 0 amide bonds. The molecule has 1 N–H and O–H groups in total. The maximum Gasteiger partial charge on any atom is 0.328 e. The van der Waals surface area contributed by atoms with Crippen LogP contribution in [0, 0.1) is 5.92 Å². The number of aryl methyl sites for hydroxylation is 1. The van der Waals surface area contributed by atoms with Crippen molar-refractivity contribution < 1.29 is 0 Å². The van der Waals surface area contributed by atoms with Gasteiger partial charge in [0.15, 0.2) is 0 Å². The zero-order chi connectivity index (χ0) is 24.0. The minimum atomic E-state index is 0.0983. The lowest BCUT2D eigenvalue weighted by Gasteiger charge is -2.21. The third-order valence-corrected chi connectivity index (χ3v) is 7.03. The van der Waals surface area contributed by atoms with Crippen LogP contribution in [0.3, 0.4) is 0 Å². The summed E-state index contributed by atoms with van der Waals surface area (Å²) in [6.07, 6.45) is 12.0. The maximum absolute atomic E-state index is 13.4. The molecule has 7 nitrogen and oxygen atoms in total. The molecule has 5 rings (SSSR count). The zero-order valence-electron chi connectivity index (χ0n) is 20.1. The largest absolute Gasteiger partial charge is 0.328 e. The van der Waals surface area contributed by atoms with E-state index in [1.54, 1.807) is 0 Å². The number of aromatic nitrogens is 6. The number of hydrogen-bond acceptors (Lipinski definition) is 4. The molecule has 7 heteroatoms. The number of hydrogen-bond donors (Lipinski definition) is 1. The second-order valence-electron chi connectivity index (χ2n) is 9.45. The van der Waals surface area contributed by atoms with Gasteiger partial charge in [-0.15, -0.1) is 16.8 Å². The Hall–Kier alpha value is -3.74. The third-order valence-electron chi connectivity index (χ3n) is 7.03. The first-order valence-corrected chi connectivity index (χ1v) is 12.5. The van der Waals surface area contributed by atoms with Crippen molar-refractivity contribution in [2.24, 2.45) is 5.92 Å². The molecular weight excluding hydrogens is 436 g/mol. The second-order valence-corrected chi connectivity index (χ2v) is 9.45. The number of benzene rings is 2. The van der Waals surface area contributed by atoms with Gasteiger partial charge in [-0.05, 0) is 53.5 Å². The predicted octanol–water partition coefficient (Wildman–Crippen LogP) is 5.24. The van der Waals surface area contributed by atoms with Crippen LogP contribution in [0.25, 0.3) is 22.5 Å². The summed E-state index contributed by atoms with van der Waals surface area (Å²) in [5.74, 6) is 1.19. The van der Waals surface area contributed by atoms with Gasteiger partial charge in [0.25, 0.3) is 0 Å². The summed E-state index contributed by atoms with van der Waals surface area (Å²) in [7, 11) is 0. The van der Waals surface area contributed by atoms with Gasteiger partial charge in [-0.3, -0.25) is 9.13 Å². The minimum Gasteiger partial charge on any atom is -0.299 e. The average Bonchev–Trinajstić information content (AvgIpc) is 3.54. The van der Waals surface area contributed by atoms with Crippen LogP contribution in [0.2, 0.25) is 0 Å². The van der Waals surface area contributed by atoms with Crippen molar-refractivity contribution in [1.82, 2.24) is 29.8 Å². The lowest BCUT2D eigenvalue weighted by Crippen LogP contribution is -2.28. The summed E-state index contributed by atoms with van der Waals surface area (Å²) in [6.45, 7) is 5.26. The minimum absolute atomic E-state index is 0.0983. The van der Waals surface area contributed by atoms with E-state index in [0.29, 0.717) is 18.3 Å². The Balaban J connectivity index is 1.39. The van der Waals surface area contributed by atoms with Gasteiger partial charge in [0, 0.05) is 24.0 Å². The van der Waals surface area contributed by atoms with E-state index in [0.717, 1.165) is 47.3 Å². The molecule has 1 saturated carbocycles. The van der Waals surface area contributed by atoms with Gasteiger partial charge in [0.2, 0.25) is 5.82 Å². The average molecular weight is 469 g/mol. The highest BCUT2D eigenvalue weighted by molar-refractivity contribution is 5.80. The van der Waals surface area contributed by atoms with Crippen molar-refractivity contribution >= 4 is 0 Å². The first-order valence-electron chi connectivity index (χ1n) is 12.5. The Morgan fingerprint density at radius 2 is 1.80 bits per heavy atom. The topological polar surface area (TPSA) is 81.4 Å². The summed E-state index contributed by atoms with van der Waals surface area (Å²) in [4.78, 5) is 13.4. The fourth-order valence-corrected chi connectivity index (χ4v) is 5.16. The van der Waals surface area contributed by atoms with E-state index in [9.17, 15) is 4.79 Å². The number of nitrogens with one attached hydrogen (secondary N) is 1. The van der Waals surface area contributed by atoms with E-state index in [-0.39, 0.29) is 5.69 Å². The summed E-state index contributed by atoms with van der Waals surface area (Å²) in [5, 5.41) is 14.5. The number of H-pyrrole nitrogens is 1. The summed E-state index contributed by atoms with van der Waals surface area (Å²) in [5.41, 5.74) is 5.32. The van der Waals surface area contributed by atoms with E-state index in [1.807, 2.05) is 33.4 Å². The molecule has 0 unspecified atom stereocenters. The highest BCUT2D eigenvalue weighted by Crippen LogP contribution is 2.30. The zero-order valence-corrected chi connectivity index (χ0v) is 20.1. The molecule has 0 bridgehead atoms. The van der Waals surface area contributed by atoms with Crippen LogP contribution in [-0.2, 0) is 19.5 Å². The Bertz CT molecular complexity index is 1310. The quantitative estimate of drug-likeness (QED) is 0.341. The Morgan fingerprint density at radius 3 is 2.51 bits per heavy atom. The first kappa shape index (κ1) is 23.0. The molecule has 1 fully saturated rings. The fraction of sp³-hybridized carbons (Fsp3) is 0.357. The molecule has 2 aromatic carbocycles. The number of tetrazole rings is 1. The smallest absolute Gasteiger partial charge is 0.299 e. The van der Waals surface area contributed by atoms with E-state index in [2.05, 4.69) is 63.7 Å². The van der Waals surface area contributed by atoms with Crippen LogP contribution in [0.1, 0.15) is 49.8 Å². The van der Waals surface area contributed by atoms with E-state index < -0.39 is 0 Å². The number of rotatable bonds is 9. The number of allylic oxidation sites excluding steroid dienone is 1. The molecule has 0 saturated heterocycles. The molecule has 0 spiro atoms. The van der Waals surface area contributed by atoms with Crippen molar-refractivity contribution in [3.05, 3.63) is 89.1 Å². The first-order chi connectivity index (χ1) is 17.2. The van der Waals surface area contributed by atoms with Gasteiger partial charge in [0.05, 0.1) is 6.54 Å². The molecule has 0 atom stereocenters. The molecule has 180 valence electrons. The molecule has 2 aromatic heterocycles. The van der Waals surface area contributed by atoms with Crippen molar-refractivity contribution in [3.8, 4) is 22.5 Å². The lowest BCUT2D eigenvalue weighted by molar-refractivity contribution is 0.315. The van der Waals surface area contributed by atoms with Crippen LogP contribution in [0.5, 0.6) is 0 Å². The van der Waals surface area contributed by atoms with Gasteiger partial charge in [-0.2, -0.15) is 5.21 Å². The van der Waals surface area contributed by atoms with Gasteiger partial charge < -0.3 is 0 Å². The van der Waals surface area contributed by atoms with Crippen molar-refractivity contribution in [1.29, 1.82) is 0 Å². The van der Waals surface area contributed by atoms with Gasteiger partial charge in [0.1, 0.15) is 0 Å². The maximum atomic E-state index is 13.4. The Labute approximate surface area is 205 Å². The van der Waals surface area contributed by atoms with Crippen molar-refractivity contribution in [2.45, 2.75) is 58.0 Å². The monoisotopic (exact) mass is 468 g/mol. The highest BCUT2D eigenvalue weighted by Gasteiger charge is 2.18. The fourth-order valence-electron chi connectivity index (χ4n) is 5.16. The molecule has 0 radical (unpaired) electrons. The third kappa shape index (κ3) is 5.19. The number of imidazole rings is 1.